The minimum atomic E-state index is 0. The molecule has 1 fully saturated rings. The summed E-state index contributed by atoms with van der Waals surface area (Å²) in [7, 11) is 0. The number of likely N-dealkylation sites (tertiary alicyclic amines) is 1. The van der Waals surface area contributed by atoms with Crippen molar-refractivity contribution in [2.45, 2.75) is 65.5 Å². The molecule has 3 N–H and O–H groups in total. The van der Waals surface area contributed by atoms with E-state index in [2.05, 4.69) is 46.6 Å². The normalized spacial score (nSPS) is 19.5. The lowest BCUT2D eigenvalue weighted by Gasteiger charge is -2.21. The standard InChI is InChI=1S/C17H35N5O.HI/c1-5-14(4)21-16(23)10-11-19-17(18-6-2)20-13-15-9-8-12-22(15)7-3;/h14-15H,5-13H2,1-4H3,(H,21,23)(H2,18,19,20);1H. The highest BCUT2D eigenvalue weighted by atomic mass is 127. The number of hydrogen-bond acceptors (Lipinski definition) is 3. The Kier molecular flexibility index (Phi) is 13.4. The molecule has 24 heavy (non-hydrogen) atoms. The smallest absolute Gasteiger partial charge is 0.221 e. The summed E-state index contributed by atoms with van der Waals surface area (Å²) in [6.45, 7) is 12.9. The summed E-state index contributed by atoms with van der Waals surface area (Å²) in [6, 6.07) is 0.802. The van der Waals surface area contributed by atoms with Crippen molar-refractivity contribution >= 4 is 35.8 Å². The van der Waals surface area contributed by atoms with Gasteiger partial charge in [0.25, 0.3) is 0 Å². The van der Waals surface area contributed by atoms with Crippen LogP contribution >= 0.6 is 24.0 Å². The van der Waals surface area contributed by atoms with Gasteiger partial charge in [0, 0.05) is 31.6 Å². The summed E-state index contributed by atoms with van der Waals surface area (Å²) in [5.41, 5.74) is 0. The summed E-state index contributed by atoms with van der Waals surface area (Å²) < 4.78 is 0. The molecule has 0 aliphatic carbocycles. The van der Waals surface area contributed by atoms with Crippen LogP contribution in [0.5, 0.6) is 0 Å². The molecular formula is C17H36IN5O. The van der Waals surface area contributed by atoms with E-state index in [0.29, 0.717) is 19.0 Å². The van der Waals surface area contributed by atoms with Gasteiger partial charge >= 0.3 is 0 Å². The van der Waals surface area contributed by atoms with Crippen LogP contribution in [0.2, 0.25) is 0 Å². The molecule has 1 aliphatic rings. The first kappa shape index (κ1) is 23.4. The van der Waals surface area contributed by atoms with Gasteiger partial charge in [0.05, 0.1) is 6.54 Å². The highest BCUT2D eigenvalue weighted by Crippen LogP contribution is 2.16. The number of guanidine groups is 1. The zero-order valence-corrected chi connectivity index (χ0v) is 18.1. The van der Waals surface area contributed by atoms with Crippen LogP contribution < -0.4 is 16.0 Å². The lowest BCUT2D eigenvalue weighted by molar-refractivity contribution is -0.121. The Labute approximate surface area is 164 Å². The number of carbonyl (C=O) groups is 1. The maximum absolute atomic E-state index is 11.8. The fourth-order valence-electron chi connectivity index (χ4n) is 2.80. The van der Waals surface area contributed by atoms with Crippen molar-refractivity contribution < 1.29 is 4.79 Å². The number of carbonyl (C=O) groups excluding carboxylic acids is 1. The van der Waals surface area contributed by atoms with E-state index in [4.69, 9.17) is 0 Å². The molecule has 7 heteroatoms. The van der Waals surface area contributed by atoms with Crippen molar-refractivity contribution in [1.29, 1.82) is 0 Å². The molecule has 0 spiro atoms. The zero-order valence-electron chi connectivity index (χ0n) is 15.7. The Bertz CT molecular complexity index is 378. The minimum Gasteiger partial charge on any atom is -0.357 e. The Morgan fingerprint density at radius 3 is 2.67 bits per heavy atom. The SMILES string of the molecule is CCNC(=NCC1CCCN1CC)NCCC(=O)NC(C)CC.I. The van der Waals surface area contributed by atoms with Gasteiger partial charge in [0.1, 0.15) is 0 Å². The van der Waals surface area contributed by atoms with Crippen LogP contribution in [0, 0.1) is 0 Å². The second-order valence-corrected chi connectivity index (χ2v) is 6.20. The third kappa shape index (κ3) is 9.05. The van der Waals surface area contributed by atoms with Gasteiger partial charge in [0.2, 0.25) is 5.91 Å². The van der Waals surface area contributed by atoms with Crippen molar-refractivity contribution in [3.05, 3.63) is 0 Å². The van der Waals surface area contributed by atoms with Crippen LogP contribution in [0.4, 0.5) is 0 Å². The van der Waals surface area contributed by atoms with Gasteiger partial charge in [-0.25, -0.2) is 0 Å². The first-order valence-electron chi connectivity index (χ1n) is 9.16. The first-order valence-corrected chi connectivity index (χ1v) is 9.16. The number of aliphatic imine (C=N–C) groups is 1. The molecule has 1 saturated heterocycles. The molecular weight excluding hydrogens is 417 g/mol. The molecule has 0 aromatic heterocycles. The van der Waals surface area contributed by atoms with E-state index in [0.717, 1.165) is 32.0 Å². The van der Waals surface area contributed by atoms with Gasteiger partial charge in [-0.2, -0.15) is 0 Å². The van der Waals surface area contributed by atoms with Crippen LogP contribution in [-0.4, -0.2) is 61.6 Å². The summed E-state index contributed by atoms with van der Waals surface area (Å²) in [4.78, 5) is 19.0. The minimum absolute atomic E-state index is 0. The fourth-order valence-corrected chi connectivity index (χ4v) is 2.80. The van der Waals surface area contributed by atoms with Crippen LogP contribution in [0.3, 0.4) is 0 Å². The van der Waals surface area contributed by atoms with Crippen molar-refractivity contribution in [1.82, 2.24) is 20.9 Å². The van der Waals surface area contributed by atoms with Gasteiger partial charge in [0.15, 0.2) is 5.96 Å². The lowest BCUT2D eigenvalue weighted by Crippen LogP contribution is -2.41. The highest BCUT2D eigenvalue weighted by molar-refractivity contribution is 14.0. The third-order valence-corrected chi connectivity index (χ3v) is 4.37. The predicted molar refractivity (Wildman–Crippen MR) is 112 cm³/mol. The van der Waals surface area contributed by atoms with Crippen LogP contribution in [-0.2, 0) is 4.79 Å². The summed E-state index contributed by atoms with van der Waals surface area (Å²) in [5, 5.41) is 9.49. The van der Waals surface area contributed by atoms with Crippen molar-refractivity contribution in [3.63, 3.8) is 0 Å². The maximum Gasteiger partial charge on any atom is 0.221 e. The molecule has 1 heterocycles. The second kappa shape index (κ2) is 13.7. The molecule has 1 amide bonds. The largest absolute Gasteiger partial charge is 0.357 e. The average Bonchev–Trinajstić information content (AvgIpc) is 2.99. The first-order chi connectivity index (χ1) is 11.1. The van der Waals surface area contributed by atoms with Crippen molar-refractivity contribution in [2.24, 2.45) is 4.99 Å². The number of likely N-dealkylation sites (N-methyl/N-ethyl adjacent to an activating group) is 1. The highest BCUT2D eigenvalue weighted by Gasteiger charge is 2.22. The molecule has 0 saturated carbocycles. The Morgan fingerprint density at radius 1 is 1.29 bits per heavy atom. The molecule has 1 aliphatic heterocycles. The summed E-state index contributed by atoms with van der Waals surface area (Å²) >= 11 is 0. The molecule has 0 aromatic carbocycles. The van der Waals surface area contributed by atoms with E-state index >= 15 is 0 Å². The molecule has 0 bridgehead atoms. The molecule has 2 atom stereocenters. The van der Waals surface area contributed by atoms with Gasteiger partial charge in [-0.1, -0.05) is 13.8 Å². The number of hydrogen-bond donors (Lipinski definition) is 3. The van der Waals surface area contributed by atoms with Gasteiger partial charge < -0.3 is 16.0 Å². The number of nitrogens with zero attached hydrogens (tertiary/aromatic N) is 2. The molecule has 142 valence electrons. The summed E-state index contributed by atoms with van der Waals surface area (Å²) in [6.07, 6.45) is 3.93. The molecule has 2 unspecified atom stereocenters. The molecule has 0 radical (unpaired) electrons. The van der Waals surface area contributed by atoms with Gasteiger partial charge in [-0.05, 0) is 46.2 Å². The molecule has 6 nitrogen and oxygen atoms in total. The lowest BCUT2D eigenvalue weighted by atomic mass is 10.2. The summed E-state index contributed by atoms with van der Waals surface area (Å²) in [5.74, 6) is 0.905. The number of rotatable bonds is 9. The van der Waals surface area contributed by atoms with E-state index in [1.54, 1.807) is 0 Å². The Morgan fingerprint density at radius 2 is 2.04 bits per heavy atom. The Balaban J connectivity index is 0.00000529. The van der Waals surface area contributed by atoms with E-state index < -0.39 is 0 Å². The van der Waals surface area contributed by atoms with Crippen LogP contribution in [0.15, 0.2) is 4.99 Å². The Hall–Kier alpha value is -0.570. The third-order valence-electron chi connectivity index (χ3n) is 4.37. The van der Waals surface area contributed by atoms with Crippen LogP contribution in [0.1, 0.15) is 53.4 Å². The maximum atomic E-state index is 11.8. The molecule has 0 aromatic rings. The van der Waals surface area contributed by atoms with Crippen molar-refractivity contribution in [3.8, 4) is 0 Å². The number of halogens is 1. The monoisotopic (exact) mass is 453 g/mol. The molecule has 1 rings (SSSR count). The van der Waals surface area contributed by atoms with E-state index in [-0.39, 0.29) is 35.9 Å². The number of amides is 1. The zero-order chi connectivity index (χ0) is 17.1. The quantitative estimate of drug-likeness (QED) is 0.284. The van der Waals surface area contributed by atoms with Crippen molar-refractivity contribution in [2.75, 3.05) is 32.7 Å². The topological polar surface area (TPSA) is 68.8 Å². The average molecular weight is 453 g/mol. The predicted octanol–water partition coefficient (Wildman–Crippen LogP) is 1.95. The van der Waals surface area contributed by atoms with E-state index in [9.17, 15) is 4.79 Å². The van der Waals surface area contributed by atoms with E-state index in [1.807, 2.05) is 6.92 Å². The van der Waals surface area contributed by atoms with Gasteiger partial charge in [-0.3, -0.25) is 14.7 Å². The van der Waals surface area contributed by atoms with Crippen LogP contribution in [0.25, 0.3) is 0 Å². The fraction of sp³-hybridized carbons (Fsp3) is 0.882. The number of nitrogens with one attached hydrogen (secondary N) is 3. The second-order valence-electron chi connectivity index (χ2n) is 6.20. The van der Waals surface area contributed by atoms with Gasteiger partial charge in [-0.15, -0.1) is 24.0 Å². The van der Waals surface area contributed by atoms with E-state index in [1.165, 1.54) is 19.4 Å².